The molecule has 6 heteroatoms. The van der Waals surface area contributed by atoms with Crippen LogP contribution in [-0.4, -0.2) is 18.7 Å². The first-order valence-corrected chi connectivity index (χ1v) is 14.5. The number of hydrogen-bond donors (Lipinski definition) is 0. The Bertz CT molecular complexity index is 2360. The van der Waals surface area contributed by atoms with E-state index in [-0.39, 0.29) is 21.1 Å². The quantitative estimate of drug-likeness (QED) is 0.164. The zero-order chi connectivity index (χ0) is 30.5. The van der Waals surface area contributed by atoms with Crippen molar-refractivity contribution in [1.82, 2.24) is 18.7 Å². The number of nitrogens with zero attached hydrogens (tertiary/aromatic N) is 4. The summed E-state index contributed by atoms with van der Waals surface area (Å²) in [5.74, 6) is 0.830. The Morgan fingerprint density at radius 3 is 2.33 bits per heavy atom. The summed E-state index contributed by atoms with van der Waals surface area (Å²) in [5, 5.41) is 2.25. The van der Waals surface area contributed by atoms with Gasteiger partial charge in [-0.15, -0.1) is 34.2 Å². The Morgan fingerprint density at radius 2 is 1.47 bits per heavy atom. The fraction of sp³-hybridized carbons (Fsp3) is 0.0270. The van der Waals surface area contributed by atoms with Crippen LogP contribution in [0.5, 0.6) is 0 Å². The maximum absolute atomic E-state index is 8.02. The van der Waals surface area contributed by atoms with Crippen LogP contribution in [0.15, 0.2) is 144 Å². The van der Waals surface area contributed by atoms with Crippen LogP contribution in [0.4, 0.5) is 0 Å². The molecule has 4 nitrogen and oxygen atoms in total. The zero-order valence-corrected chi connectivity index (χ0v) is 25.8. The molecule has 3 heterocycles. The Labute approximate surface area is 272 Å². The van der Waals surface area contributed by atoms with Gasteiger partial charge in [0.15, 0.2) is 17.4 Å². The van der Waals surface area contributed by atoms with Crippen molar-refractivity contribution >= 4 is 44.6 Å². The third-order valence-corrected chi connectivity index (χ3v) is 8.42. The smallest absolute Gasteiger partial charge is 0.188 e. The van der Waals surface area contributed by atoms with E-state index in [1.165, 1.54) is 4.57 Å². The average molecular weight is 756 g/mol. The fourth-order valence-corrected chi connectivity index (χ4v) is 6.40. The van der Waals surface area contributed by atoms with Crippen molar-refractivity contribution in [2.24, 2.45) is 6.98 Å². The molecule has 0 fully saturated rings. The molecule has 0 atom stereocenters. The summed E-state index contributed by atoms with van der Waals surface area (Å²) in [6.07, 6.45) is 3.49. The first-order chi connectivity index (χ1) is 21.9. The molecule has 0 saturated heterocycles. The van der Waals surface area contributed by atoms with E-state index in [1.807, 2.05) is 77.5 Å². The molecule has 0 saturated carbocycles. The van der Waals surface area contributed by atoms with Crippen molar-refractivity contribution in [2.75, 3.05) is 0 Å². The normalized spacial score (nSPS) is 12.6. The molecule has 0 unspecified atom stereocenters. The van der Waals surface area contributed by atoms with Gasteiger partial charge in [-0.05, 0) is 46.8 Å². The topological polar surface area (TPSA) is 27.7 Å². The van der Waals surface area contributed by atoms with Crippen molar-refractivity contribution in [1.29, 1.82) is 0 Å². The molecular weight excluding hydrogens is 728 g/mol. The molecular formula is C37H25N4PtS-. The molecule has 3 aromatic heterocycles. The van der Waals surface area contributed by atoms with E-state index in [4.69, 9.17) is 9.10 Å². The fourth-order valence-electron chi connectivity index (χ4n) is 5.58. The van der Waals surface area contributed by atoms with Crippen molar-refractivity contribution < 1.29 is 25.2 Å². The van der Waals surface area contributed by atoms with Crippen LogP contribution in [-0.2, 0) is 28.0 Å². The third kappa shape index (κ3) is 4.89. The van der Waals surface area contributed by atoms with Crippen molar-refractivity contribution in [2.45, 2.75) is 9.79 Å². The second-order valence-electron chi connectivity index (χ2n) is 10.1. The molecule has 0 aliphatic rings. The molecule has 8 aromatic rings. The van der Waals surface area contributed by atoms with Gasteiger partial charge in [0, 0.05) is 61.7 Å². The van der Waals surface area contributed by atoms with Crippen LogP contribution in [0.3, 0.4) is 0 Å². The van der Waals surface area contributed by atoms with Gasteiger partial charge in [0.1, 0.15) is 5.82 Å². The van der Waals surface area contributed by atoms with Gasteiger partial charge in [0.05, 0.1) is 0 Å². The maximum Gasteiger partial charge on any atom is 0.188 e. The molecule has 0 aliphatic heterocycles. The van der Waals surface area contributed by atoms with Crippen LogP contribution in [0.25, 0.3) is 55.5 Å². The molecule has 5 aromatic carbocycles. The summed E-state index contributed by atoms with van der Waals surface area (Å²) in [6.45, 7) is -2.30. The van der Waals surface area contributed by atoms with Gasteiger partial charge < -0.3 is 4.57 Å². The minimum Gasteiger partial charge on any atom is -0.319 e. The van der Waals surface area contributed by atoms with E-state index >= 15 is 0 Å². The Kier molecular flexibility index (Phi) is 6.34. The average Bonchev–Trinajstić information content (AvgIpc) is 3.62. The van der Waals surface area contributed by atoms with Crippen molar-refractivity contribution in [3.63, 3.8) is 0 Å². The largest absolute Gasteiger partial charge is 0.319 e. The van der Waals surface area contributed by atoms with E-state index in [2.05, 4.69) is 71.3 Å². The second kappa shape index (κ2) is 11.3. The number of para-hydroxylation sites is 3. The molecule has 0 bridgehead atoms. The Hall–Kier alpha value is -4.44. The first-order valence-electron chi connectivity index (χ1n) is 15.1. The van der Waals surface area contributed by atoms with Gasteiger partial charge in [-0.2, -0.15) is 24.3 Å². The van der Waals surface area contributed by atoms with E-state index in [1.54, 1.807) is 18.1 Å². The summed E-state index contributed by atoms with van der Waals surface area (Å²) < 4.78 is 29.5. The number of imidazole rings is 1. The van der Waals surface area contributed by atoms with Crippen molar-refractivity contribution in [3.8, 4) is 22.6 Å². The molecule has 0 radical (unpaired) electrons. The number of benzene rings is 5. The van der Waals surface area contributed by atoms with Gasteiger partial charge in [0.25, 0.3) is 0 Å². The number of aromatic nitrogens is 4. The number of hydrogen-bond acceptors (Lipinski definition) is 2. The van der Waals surface area contributed by atoms with Crippen LogP contribution < -0.4 is 0 Å². The standard InChI is InChI=1S/C37H25N4S.Pt/c1-39-25-40(35-17-8-7-16-34(35)39)28-12-9-13-29(23-28)42-30-18-19-32-31-14-5-6-15-33(31)41(36(32)24-30)37-22-27(20-21-38-37)26-10-3-2-4-11-26;/h2-22,25H,1H3;/q-1;/i1D3;. The third-order valence-electron chi connectivity index (χ3n) is 7.50. The Morgan fingerprint density at radius 1 is 0.698 bits per heavy atom. The van der Waals surface area contributed by atoms with Gasteiger partial charge >= 0.3 is 0 Å². The van der Waals surface area contributed by atoms with Crippen LogP contribution >= 0.6 is 11.8 Å². The summed E-state index contributed by atoms with van der Waals surface area (Å²) in [5.41, 5.74) is 6.45. The van der Waals surface area contributed by atoms with Crippen LogP contribution in [0, 0.1) is 12.1 Å². The summed E-state index contributed by atoms with van der Waals surface area (Å²) in [7, 11) is 0. The van der Waals surface area contributed by atoms with E-state index < -0.39 is 6.98 Å². The van der Waals surface area contributed by atoms with E-state index in [0.29, 0.717) is 5.52 Å². The molecule has 8 rings (SSSR count). The second-order valence-corrected chi connectivity index (χ2v) is 11.1. The van der Waals surface area contributed by atoms with Gasteiger partial charge in [0.2, 0.25) is 0 Å². The summed E-state index contributed by atoms with van der Waals surface area (Å²) in [6, 6.07) is 47.7. The predicted molar refractivity (Wildman–Crippen MR) is 172 cm³/mol. The number of pyridine rings is 1. The zero-order valence-electron chi connectivity index (χ0n) is 25.7. The summed E-state index contributed by atoms with van der Waals surface area (Å²) >= 11 is 1.57. The maximum atomic E-state index is 8.02. The number of fused-ring (bicyclic) bond motifs is 4. The van der Waals surface area contributed by atoms with Crippen LogP contribution in [0.2, 0.25) is 0 Å². The SMILES string of the molecule is [2H]C([2H])([2H])n1[cH+]n(-c2[c-]c(Sc3[c-]c4c(cc3)c3ccccc3n4-c3cc(-c4ccccc4)ccn3)ccc2)c2ccccc21.[Pt]. The predicted octanol–water partition coefficient (Wildman–Crippen LogP) is 9.16. The van der Waals surface area contributed by atoms with Crippen molar-refractivity contribution in [3.05, 3.63) is 146 Å². The molecule has 0 amide bonds. The number of aryl methyl sites for hydroxylation is 1. The Balaban J connectivity index is 0.00000338. The minimum absolute atomic E-state index is 0. The number of rotatable bonds is 5. The van der Waals surface area contributed by atoms with Gasteiger partial charge in [-0.1, -0.05) is 65.0 Å². The van der Waals surface area contributed by atoms with E-state index in [9.17, 15) is 0 Å². The molecule has 210 valence electrons. The molecule has 0 aliphatic carbocycles. The van der Waals surface area contributed by atoms with Gasteiger partial charge in [-0.3, -0.25) is 0 Å². The van der Waals surface area contributed by atoms with Crippen LogP contribution in [0.1, 0.15) is 4.11 Å². The molecule has 43 heavy (non-hydrogen) atoms. The monoisotopic (exact) mass is 755 g/mol. The first kappa shape index (κ1) is 24.0. The van der Waals surface area contributed by atoms with Gasteiger partial charge in [-0.25, -0.2) is 14.1 Å². The van der Waals surface area contributed by atoms with E-state index in [0.717, 1.165) is 59.7 Å². The summed E-state index contributed by atoms with van der Waals surface area (Å²) in [4.78, 5) is 6.63. The minimum atomic E-state index is -2.30. The molecule has 0 spiro atoms. The molecule has 0 N–H and O–H groups in total.